The monoisotopic (exact) mass is 228 g/mol. The highest BCUT2D eigenvalue weighted by Gasteiger charge is 2.35. The Bertz CT molecular complexity index is 243. The van der Waals surface area contributed by atoms with Gasteiger partial charge >= 0.3 is 0 Å². The molecule has 1 fully saturated rings. The summed E-state index contributed by atoms with van der Waals surface area (Å²) in [7, 11) is 0. The Labute approximate surface area is 97.8 Å². The summed E-state index contributed by atoms with van der Waals surface area (Å²) >= 11 is 0. The van der Waals surface area contributed by atoms with Crippen molar-refractivity contribution in [3.05, 3.63) is 0 Å². The van der Waals surface area contributed by atoms with Crippen LogP contribution in [0.5, 0.6) is 0 Å². The van der Waals surface area contributed by atoms with Crippen molar-refractivity contribution < 1.29 is 9.90 Å². The van der Waals surface area contributed by atoms with Crippen LogP contribution < -0.4 is 5.73 Å². The first-order valence-electron chi connectivity index (χ1n) is 6.19. The highest BCUT2D eigenvalue weighted by molar-refractivity contribution is 5.82. The average molecular weight is 228 g/mol. The van der Waals surface area contributed by atoms with E-state index in [1.54, 1.807) is 4.90 Å². The van der Waals surface area contributed by atoms with Crippen molar-refractivity contribution in [2.24, 2.45) is 11.7 Å². The van der Waals surface area contributed by atoms with Crippen LogP contribution >= 0.6 is 0 Å². The molecule has 4 heteroatoms. The molecule has 4 nitrogen and oxygen atoms in total. The Balaban J connectivity index is 2.58. The van der Waals surface area contributed by atoms with Crippen molar-refractivity contribution in [1.82, 2.24) is 4.90 Å². The minimum absolute atomic E-state index is 0.00269. The molecule has 0 bridgehead atoms. The van der Waals surface area contributed by atoms with Gasteiger partial charge < -0.3 is 15.7 Å². The lowest BCUT2D eigenvalue weighted by atomic mass is 10.0. The number of nitrogens with zero attached hydrogens (tertiary/aromatic N) is 1. The summed E-state index contributed by atoms with van der Waals surface area (Å²) in [4.78, 5) is 13.8. The molecule has 16 heavy (non-hydrogen) atoms. The lowest BCUT2D eigenvalue weighted by Crippen LogP contribution is -2.46. The van der Waals surface area contributed by atoms with Crippen LogP contribution in [0.25, 0.3) is 0 Å². The predicted octanol–water partition coefficient (Wildman–Crippen LogP) is 0.732. The lowest BCUT2D eigenvalue weighted by Gasteiger charge is -2.27. The number of carbonyl (C=O) groups excluding carboxylic acids is 1. The molecule has 1 saturated heterocycles. The van der Waals surface area contributed by atoms with Gasteiger partial charge in [0, 0.05) is 12.6 Å². The number of likely N-dealkylation sites (tertiary alicyclic amines) is 1. The number of hydrogen-bond acceptors (Lipinski definition) is 3. The molecule has 0 aliphatic carbocycles. The van der Waals surface area contributed by atoms with E-state index in [4.69, 9.17) is 5.73 Å². The van der Waals surface area contributed by atoms with Crippen LogP contribution in [0.4, 0.5) is 0 Å². The summed E-state index contributed by atoms with van der Waals surface area (Å²) in [5.41, 5.74) is 5.89. The van der Waals surface area contributed by atoms with E-state index in [2.05, 4.69) is 13.8 Å². The Morgan fingerprint density at radius 2 is 2.19 bits per heavy atom. The van der Waals surface area contributed by atoms with Crippen molar-refractivity contribution in [1.29, 1.82) is 0 Å². The summed E-state index contributed by atoms with van der Waals surface area (Å²) < 4.78 is 0. The van der Waals surface area contributed by atoms with Gasteiger partial charge in [-0.3, -0.25) is 4.79 Å². The summed E-state index contributed by atoms with van der Waals surface area (Å²) in [5, 5.41) is 9.58. The lowest BCUT2D eigenvalue weighted by molar-refractivity contribution is -0.134. The molecular weight excluding hydrogens is 204 g/mol. The third-order valence-corrected chi connectivity index (χ3v) is 3.19. The third kappa shape index (κ3) is 3.19. The van der Waals surface area contributed by atoms with Gasteiger partial charge in [0.05, 0.1) is 12.1 Å². The van der Waals surface area contributed by atoms with Gasteiger partial charge in [0.1, 0.15) is 0 Å². The SMILES string of the molecule is CCC1CC(O)CN1C(=O)C(N)CC(C)C. The van der Waals surface area contributed by atoms with Crippen molar-refractivity contribution >= 4 is 5.91 Å². The number of aliphatic hydroxyl groups excluding tert-OH is 1. The molecule has 0 aromatic rings. The predicted molar refractivity (Wildman–Crippen MR) is 63.8 cm³/mol. The molecule has 1 aliphatic rings. The van der Waals surface area contributed by atoms with E-state index in [9.17, 15) is 9.90 Å². The van der Waals surface area contributed by atoms with Gasteiger partial charge in [0.15, 0.2) is 0 Å². The van der Waals surface area contributed by atoms with Crippen LogP contribution in [0.1, 0.15) is 40.0 Å². The maximum absolute atomic E-state index is 12.1. The standard InChI is InChI=1S/C12H24N2O2/c1-4-9-6-10(15)7-14(9)12(16)11(13)5-8(2)3/h8-11,15H,4-7,13H2,1-3H3. The molecule has 0 radical (unpaired) electrons. The van der Waals surface area contributed by atoms with Crippen LogP contribution in [-0.2, 0) is 4.79 Å². The molecule has 3 N–H and O–H groups in total. The zero-order valence-electron chi connectivity index (χ0n) is 10.5. The normalized spacial score (nSPS) is 27.5. The molecule has 94 valence electrons. The van der Waals surface area contributed by atoms with Gasteiger partial charge in [-0.2, -0.15) is 0 Å². The fourth-order valence-electron chi connectivity index (χ4n) is 2.37. The Morgan fingerprint density at radius 1 is 1.56 bits per heavy atom. The first-order valence-corrected chi connectivity index (χ1v) is 6.19. The van der Waals surface area contributed by atoms with E-state index >= 15 is 0 Å². The molecule has 0 aromatic heterocycles. The van der Waals surface area contributed by atoms with Crippen molar-refractivity contribution in [3.8, 4) is 0 Å². The van der Waals surface area contributed by atoms with Gasteiger partial charge in [0.2, 0.25) is 5.91 Å². The Morgan fingerprint density at radius 3 is 2.69 bits per heavy atom. The highest BCUT2D eigenvalue weighted by atomic mass is 16.3. The van der Waals surface area contributed by atoms with E-state index in [1.165, 1.54) is 0 Å². The topological polar surface area (TPSA) is 66.6 Å². The maximum Gasteiger partial charge on any atom is 0.239 e. The maximum atomic E-state index is 12.1. The molecule has 0 saturated carbocycles. The average Bonchev–Trinajstić information content (AvgIpc) is 2.57. The zero-order chi connectivity index (χ0) is 12.3. The second kappa shape index (κ2) is 5.64. The summed E-state index contributed by atoms with van der Waals surface area (Å²) in [6.07, 6.45) is 1.91. The number of aliphatic hydroxyl groups is 1. The minimum Gasteiger partial charge on any atom is -0.391 e. The molecule has 1 amide bonds. The summed E-state index contributed by atoms with van der Waals surface area (Å²) in [6, 6.07) is -0.250. The highest BCUT2D eigenvalue weighted by Crippen LogP contribution is 2.22. The molecule has 3 atom stereocenters. The Hall–Kier alpha value is -0.610. The van der Waals surface area contributed by atoms with Gasteiger partial charge in [-0.05, 0) is 25.2 Å². The van der Waals surface area contributed by atoms with E-state index < -0.39 is 6.04 Å². The van der Waals surface area contributed by atoms with Gasteiger partial charge in [-0.25, -0.2) is 0 Å². The van der Waals surface area contributed by atoms with Crippen LogP contribution in [0.2, 0.25) is 0 Å². The molecule has 0 aromatic carbocycles. The second-order valence-corrected chi connectivity index (χ2v) is 5.18. The minimum atomic E-state index is -0.417. The van der Waals surface area contributed by atoms with E-state index in [0.717, 1.165) is 6.42 Å². The number of carbonyl (C=O) groups is 1. The number of rotatable bonds is 4. The number of β-amino-alcohol motifs (C(OH)–C–C–N with tert-alkyl or cyclic N) is 1. The zero-order valence-corrected chi connectivity index (χ0v) is 10.5. The van der Waals surface area contributed by atoms with Gasteiger partial charge in [-0.15, -0.1) is 0 Å². The quantitative estimate of drug-likeness (QED) is 0.745. The molecule has 1 aliphatic heterocycles. The van der Waals surface area contributed by atoms with Crippen molar-refractivity contribution in [3.63, 3.8) is 0 Å². The summed E-state index contributed by atoms with van der Waals surface area (Å²) in [5.74, 6) is 0.420. The van der Waals surface area contributed by atoms with Crippen LogP contribution in [-0.4, -0.2) is 40.6 Å². The first-order chi connectivity index (χ1) is 7.45. The van der Waals surface area contributed by atoms with Crippen LogP contribution in [0.15, 0.2) is 0 Å². The van der Waals surface area contributed by atoms with Gasteiger partial charge in [-0.1, -0.05) is 20.8 Å². The third-order valence-electron chi connectivity index (χ3n) is 3.19. The molecule has 0 spiro atoms. The smallest absolute Gasteiger partial charge is 0.239 e. The molecule has 1 rings (SSSR count). The fourth-order valence-corrected chi connectivity index (χ4v) is 2.37. The molecular formula is C12H24N2O2. The number of hydrogen-bond donors (Lipinski definition) is 2. The number of nitrogens with two attached hydrogens (primary N) is 1. The Kier molecular flexibility index (Phi) is 4.74. The van der Waals surface area contributed by atoms with E-state index in [-0.39, 0.29) is 18.1 Å². The fraction of sp³-hybridized carbons (Fsp3) is 0.917. The van der Waals surface area contributed by atoms with Crippen molar-refractivity contribution in [2.75, 3.05) is 6.54 Å². The van der Waals surface area contributed by atoms with Crippen LogP contribution in [0.3, 0.4) is 0 Å². The molecule has 3 unspecified atom stereocenters. The van der Waals surface area contributed by atoms with Crippen molar-refractivity contribution in [2.45, 2.75) is 58.2 Å². The largest absolute Gasteiger partial charge is 0.391 e. The first kappa shape index (κ1) is 13.5. The van der Waals surface area contributed by atoms with E-state index in [0.29, 0.717) is 25.3 Å². The molecule has 1 heterocycles. The number of amides is 1. The van der Waals surface area contributed by atoms with Crippen LogP contribution in [0, 0.1) is 5.92 Å². The second-order valence-electron chi connectivity index (χ2n) is 5.18. The van der Waals surface area contributed by atoms with E-state index in [1.807, 2.05) is 6.92 Å². The van der Waals surface area contributed by atoms with Gasteiger partial charge in [0.25, 0.3) is 0 Å². The summed E-state index contributed by atoms with van der Waals surface area (Å²) in [6.45, 7) is 6.60.